The highest BCUT2D eigenvalue weighted by Gasteiger charge is 2.37. The maximum atomic E-state index is 6.00. The molecule has 1 aromatic rings. The molecule has 2 aliphatic carbocycles. The number of nitrogens with one attached hydrogen (secondary N) is 1. The molecule has 0 aromatic heterocycles. The van der Waals surface area contributed by atoms with Crippen molar-refractivity contribution >= 4 is 0 Å². The third kappa shape index (κ3) is 3.33. The van der Waals surface area contributed by atoms with Crippen molar-refractivity contribution in [2.24, 2.45) is 5.92 Å². The van der Waals surface area contributed by atoms with Crippen LogP contribution in [0.3, 0.4) is 0 Å². The molecule has 0 saturated heterocycles. The Labute approximate surface area is 121 Å². The lowest BCUT2D eigenvalue weighted by atomic mass is 9.98. The van der Waals surface area contributed by atoms with E-state index in [2.05, 4.69) is 36.5 Å². The average Bonchev–Trinajstić information content (AvgIpc) is 3.33. The summed E-state index contributed by atoms with van der Waals surface area (Å²) in [5.74, 6) is 1.71. The summed E-state index contributed by atoms with van der Waals surface area (Å²) in [6.07, 6.45) is 5.71. The molecule has 110 valence electrons. The highest BCUT2D eigenvalue weighted by molar-refractivity contribution is 5.32. The Morgan fingerprint density at radius 1 is 1.25 bits per heavy atom. The van der Waals surface area contributed by atoms with Gasteiger partial charge >= 0.3 is 0 Å². The summed E-state index contributed by atoms with van der Waals surface area (Å²) in [5.41, 5.74) is 1.27. The van der Waals surface area contributed by atoms with Gasteiger partial charge in [0.15, 0.2) is 0 Å². The van der Waals surface area contributed by atoms with Crippen molar-refractivity contribution in [1.29, 1.82) is 0 Å². The van der Waals surface area contributed by atoms with Crippen LogP contribution in [0.15, 0.2) is 24.3 Å². The molecule has 2 unspecified atom stereocenters. The predicted octanol–water partition coefficient (Wildman–Crippen LogP) is 3.30. The third-order valence-corrected chi connectivity index (χ3v) is 4.13. The highest BCUT2D eigenvalue weighted by Crippen LogP contribution is 2.40. The summed E-state index contributed by atoms with van der Waals surface area (Å²) in [5, 5.41) is 3.44. The zero-order valence-corrected chi connectivity index (χ0v) is 12.5. The topological polar surface area (TPSA) is 30.5 Å². The zero-order valence-electron chi connectivity index (χ0n) is 12.5. The van der Waals surface area contributed by atoms with E-state index < -0.39 is 0 Å². The van der Waals surface area contributed by atoms with Crippen molar-refractivity contribution < 1.29 is 9.47 Å². The second-order valence-electron chi connectivity index (χ2n) is 5.91. The third-order valence-electron chi connectivity index (χ3n) is 4.13. The van der Waals surface area contributed by atoms with Gasteiger partial charge in [0.1, 0.15) is 5.75 Å². The summed E-state index contributed by atoms with van der Waals surface area (Å²) in [6.45, 7) is 2.85. The fraction of sp³-hybridized carbons (Fsp3) is 0.647. The van der Waals surface area contributed by atoms with Crippen LogP contribution in [0.1, 0.15) is 44.2 Å². The molecule has 0 spiro atoms. The van der Waals surface area contributed by atoms with Crippen molar-refractivity contribution in [3.8, 4) is 5.75 Å². The second kappa shape index (κ2) is 6.15. The van der Waals surface area contributed by atoms with E-state index in [-0.39, 0.29) is 12.1 Å². The van der Waals surface area contributed by atoms with Gasteiger partial charge in [-0.15, -0.1) is 0 Å². The number of ether oxygens (including phenoxy) is 2. The van der Waals surface area contributed by atoms with Gasteiger partial charge in [0, 0.05) is 6.61 Å². The SMILES string of the molecule is CCOC(C1CC1)C(NC)c1cccc(OC2CC2)c1. The highest BCUT2D eigenvalue weighted by atomic mass is 16.5. The predicted molar refractivity (Wildman–Crippen MR) is 80.0 cm³/mol. The number of hydrogen-bond donors (Lipinski definition) is 1. The lowest BCUT2D eigenvalue weighted by Gasteiger charge is -2.27. The van der Waals surface area contributed by atoms with Gasteiger partial charge in [-0.2, -0.15) is 0 Å². The molecule has 1 aromatic carbocycles. The van der Waals surface area contributed by atoms with E-state index in [0.29, 0.717) is 12.0 Å². The van der Waals surface area contributed by atoms with Crippen molar-refractivity contribution in [2.75, 3.05) is 13.7 Å². The van der Waals surface area contributed by atoms with Gasteiger partial charge in [-0.1, -0.05) is 12.1 Å². The molecule has 3 rings (SSSR count). The van der Waals surface area contributed by atoms with Gasteiger partial charge in [0.2, 0.25) is 0 Å². The Morgan fingerprint density at radius 2 is 2.05 bits per heavy atom. The quantitative estimate of drug-likeness (QED) is 0.789. The summed E-state index contributed by atoms with van der Waals surface area (Å²) >= 11 is 0. The van der Waals surface area contributed by atoms with Crippen LogP contribution < -0.4 is 10.1 Å². The molecule has 0 bridgehead atoms. The molecule has 2 aliphatic rings. The number of likely N-dealkylation sites (N-methyl/N-ethyl adjacent to an activating group) is 1. The van der Waals surface area contributed by atoms with E-state index in [1.165, 1.54) is 31.2 Å². The standard InChI is InChI=1S/C17H25NO2/c1-3-19-17(12-7-8-12)16(18-2)13-5-4-6-15(11-13)20-14-9-10-14/h4-6,11-12,14,16-18H,3,7-10H2,1-2H3. The molecule has 0 aliphatic heterocycles. The molecule has 0 amide bonds. The fourth-order valence-electron chi connectivity index (χ4n) is 2.80. The largest absolute Gasteiger partial charge is 0.490 e. The maximum Gasteiger partial charge on any atom is 0.120 e. The van der Waals surface area contributed by atoms with Crippen LogP contribution in [0.4, 0.5) is 0 Å². The van der Waals surface area contributed by atoms with Crippen molar-refractivity contribution in [2.45, 2.75) is 50.9 Å². The Kier molecular flexibility index (Phi) is 4.27. The minimum atomic E-state index is 0.255. The zero-order chi connectivity index (χ0) is 13.9. The fourth-order valence-corrected chi connectivity index (χ4v) is 2.80. The van der Waals surface area contributed by atoms with Gasteiger partial charge in [-0.3, -0.25) is 0 Å². The van der Waals surface area contributed by atoms with Gasteiger partial charge in [-0.25, -0.2) is 0 Å². The van der Waals surface area contributed by atoms with Crippen molar-refractivity contribution in [3.05, 3.63) is 29.8 Å². The molecule has 3 nitrogen and oxygen atoms in total. The van der Waals surface area contributed by atoms with Crippen molar-refractivity contribution in [1.82, 2.24) is 5.32 Å². The van der Waals surface area contributed by atoms with Crippen LogP contribution in [-0.4, -0.2) is 25.9 Å². The van der Waals surface area contributed by atoms with E-state index in [9.17, 15) is 0 Å². The Morgan fingerprint density at radius 3 is 2.65 bits per heavy atom. The van der Waals surface area contributed by atoms with E-state index in [4.69, 9.17) is 9.47 Å². The lowest BCUT2D eigenvalue weighted by Crippen LogP contribution is -2.33. The molecule has 1 N–H and O–H groups in total. The second-order valence-corrected chi connectivity index (χ2v) is 5.91. The van der Waals surface area contributed by atoms with Gasteiger partial charge < -0.3 is 14.8 Å². The molecule has 3 heteroatoms. The Hall–Kier alpha value is -1.06. The molecular formula is C17H25NO2. The number of hydrogen-bond acceptors (Lipinski definition) is 3. The van der Waals surface area contributed by atoms with Gasteiger partial charge in [0.05, 0.1) is 18.2 Å². The first-order chi connectivity index (χ1) is 9.81. The van der Waals surface area contributed by atoms with Crippen LogP contribution in [0, 0.1) is 5.92 Å². The molecule has 0 heterocycles. The summed E-state index contributed by atoms with van der Waals surface area (Å²) in [6, 6.07) is 8.75. The van der Waals surface area contributed by atoms with Crippen LogP contribution in [0.25, 0.3) is 0 Å². The molecule has 2 saturated carbocycles. The van der Waals surface area contributed by atoms with Crippen LogP contribution in [0.5, 0.6) is 5.75 Å². The monoisotopic (exact) mass is 275 g/mol. The summed E-state index contributed by atoms with van der Waals surface area (Å²) < 4.78 is 11.9. The summed E-state index contributed by atoms with van der Waals surface area (Å²) in [4.78, 5) is 0. The van der Waals surface area contributed by atoms with Crippen LogP contribution in [-0.2, 0) is 4.74 Å². The van der Waals surface area contributed by atoms with Crippen molar-refractivity contribution in [3.63, 3.8) is 0 Å². The lowest BCUT2D eigenvalue weighted by molar-refractivity contribution is 0.0204. The van der Waals surface area contributed by atoms with E-state index >= 15 is 0 Å². The first-order valence-electron chi connectivity index (χ1n) is 7.87. The Balaban J connectivity index is 1.76. The first kappa shape index (κ1) is 13.9. The maximum absolute atomic E-state index is 6.00. The minimum Gasteiger partial charge on any atom is -0.490 e. The minimum absolute atomic E-state index is 0.255. The molecule has 20 heavy (non-hydrogen) atoms. The molecule has 2 atom stereocenters. The first-order valence-corrected chi connectivity index (χ1v) is 7.87. The van der Waals surface area contributed by atoms with E-state index in [1.54, 1.807) is 0 Å². The number of benzene rings is 1. The summed E-state index contributed by atoms with van der Waals surface area (Å²) in [7, 11) is 2.02. The smallest absolute Gasteiger partial charge is 0.120 e. The van der Waals surface area contributed by atoms with Gasteiger partial charge in [-0.05, 0) is 63.3 Å². The molecule has 2 fully saturated rings. The van der Waals surface area contributed by atoms with E-state index in [0.717, 1.165) is 12.4 Å². The Bertz CT molecular complexity index is 440. The average molecular weight is 275 g/mol. The normalized spacial score (nSPS) is 21.5. The number of rotatable bonds is 8. The van der Waals surface area contributed by atoms with Gasteiger partial charge in [0.25, 0.3) is 0 Å². The molecule has 0 radical (unpaired) electrons. The van der Waals surface area contributed by atoms with Crippen LogP contribution >= 0.6 is 0 Å². The van der Waals surface area contributed by atoms with Crippen LogP contribution in [0.2, 0.25) is 0 Å². The van der Waals surface area contributed by atoms with E-state index in [1.807, 2.05) is 7.05 Å². The molecular weight excluding hydrogens is 250 g/mol.